The summed E-state index contributed by atoms with van der Waals surface area (Å²) in [6.07, 6.45) is 0. The smallest absolute Gasteiger partial charge is 0.337 e. The van der Waals surface area contributed by atoms with Gasteiger partial charge in [-0.05, 0) is 30.2 Å². The molecule has 0 spiro atoms. The molecule has 0 aliphatic carbocycles. The Balaban J connectivity index is 1.86. The number of hydrogen-bond acceptors (Lipinski definition) is 3. The number of aryl methyl sites for hydroxylation is 1. The maximum Gasteiger partial charge on any atom is 0.337 e. The van der Waals surface area contributed by atoms with Crippen molar-refractivity contribution in [1.29, 1.82) is 0 Å². The van der Waals surface area contributed by atoms with Gasteiger partial charge in [0.2, 0.25) is 0 Å². The molecule has 0 fully saturated rings. The quantitative estimate of drug-likeness (QED) is 0.770. The summed E-state index contributed by atoms with van der Waals surface area (Å²) in [5.74, 6) is 1.65. The molecular weight excluding hydrogens is 268 g/mol. The maximum absolute atomic E-state index is 11.3. The fraction of sp³-hybridized carbons (Fsp3) is 0.235. The lowest BCUT2D eigenvalue weighted by molar-refractivity contribution is 0.0600. The summed E-state index contributed by atoms with van der Waals surface area (Å²) in [5, 5.41) is 0. The summed E-state index contributed by atoms with van der Waals surface area (Å²) in [7, 11) is 1.40. The van der Waals surface area contributed by atoms with Crippen LogP contribution in [-0.2, 0) is 16.2 Å². The van der Waals surface area contributed by atoms with E-state index in [0.717, 1.165) is 11.5 Å². The number of carbonyl (C=O) groups is 1. The van der Waals surface area contributed by atoms with E-state index in [0.29, 0.717) is 5.56 Å². The normalized spacial score (nSPS) is 10.3. The lowest BCUT2D eigenvalue weighted by atomic mass is 10.1. The Morgan fingerprint density at radius 3 is 2.40 bits per heavy atom. The minimum absolute atomic E-state index is 0.288. The molecule has 0 saturated heterocycles. The number of thioether (sulfide) groups is 1. The molecule has 0 atom stereocenters. The highest BCUT2D eigenvalue weighted by Crippen LogP contribution is 2.19. The van der Waals surface area contributed by atoms with Gasteiger partial charge < -0.3 is 4.74 Å². The molecule has 0 aliphatic rings. The van der Waals surface area contributed by atoms with E-state index in [-0.39, 0.29) is 5.97 Å². The average molecular weight is 286 g/mol. The topological polar surface area (TPSA) is 26.3 Å². The Kier molecular flexibility index (Phi) is 5.24. The van der Waals surface area contributed by atoms with Crippen LogP contribution in [0.3, 0.4) is 0 Å². The van der Waals surface area contributed by atoms with Gasteiger partial charge in [0.1, 0.15) is 0 Å². The minimum atomic E-state index is -0.288. The van der Waals surface area contributed by atoms with E-state index < -0.39 is 0 Å². The number of benzene rings is 2. The Hall–Kier alpha value is -1.74. The van der Waals surface area contributed by atoms with Crippen LogP contribution in [0.25, 0.3) is 0 Å². The Morgan fingerprint density at radius 2 is 1.75 bits per heavy atom. The predicted octanol–water partition coefficient (Wildman–Crippen LogP) is 4.22. The summed E-state index contributed by atoms with van der Waals surface area (Å²) in [6, 6.07) is 16.2. The van der Waals surface area contributed by atoms with Crippen LogP contribution in [-0.4, -0.2) is 13.1 Å². The zero-order valence-electron chi connectivity index (χ0n) is 11.8. The minimum Gasteiger partial charge on any atom is -0.465 e. The number of methoxy groups -OCH3 is 1. The van der Waals surface area contributed by atoms with E-state index >= 15 is 0 Å². The molecule has 0 aliphatic heterocycles. The van der Waals surface area contributed by atoms with E-state index in [1.54, 1.807) is 0 Å². The molecule has 0 aromatic heterocycles. The van der Waals surface area contributed by atoms with Crippen molar-refractivity contribution in [3.8, 4) is 0 Å². The molecule has 0 bridgehead atoms. The molecule has 2 rings (SSSR count). The summed E-state index contributed by atoms with van der Waals surface area (Å²) in [4.78, 5) is 11.3. The molecule has 0 radical (unpaired) electrons. The van der Waals surface area contributed by atoms with Gasteiger partial charge in [-0.3, -0.25) is 0 Å². The number of ether oxygens (including phenoxy) is 1. The van der Waals surface area contributed by atoms with E-state index in [9.17, 15) is 4.79 Å². The van der Waals surface area contributed by atoms with Gasteiger partial charge in [0, 0.05) is 11.5 Å². The standard InChI is InChI=1S/C17H18O2S/c1-13-4-3-5-15(10-13)12-20-11-14-6-8-16(9-7-14)17(18)19-2/h3-10H,11-12H2,1-2H3. The first-order valence-electron chi connectivity index (χ1n) is 6.49. The van der Waals surface area contributed by atoms with Crippen molar-refractivity contribution in [1.82, 2.24) is 0 Å². The fourth-order valence-corrected chi connectivity index (χ4v) is 2.89. The van der Waals surface area contributed by atoms with E-state index in [4.69, 9.17) is 0 Å². The molecule has 0 amide bonds. The van der Waals surface area contributed by atoms with Gasteiger partial charge in [-0.2, -0.15) is 11.8 Å². The van der Waals surface area contributed by atoms with Crippen LogP contribution in [0.15, 0.2) is 48.5 Å². The second-order valence-corrected chi connectivity index (χ2v) is 5.66. The van der Waals surface area contributed by atoms with Crippen molar-refractivity contribution in [2.45, 2.75) is 18.4 Å². The molecule has 0 heterocycles. The summed E-state index contributed by atoms with van der Waals surface area (Å²) in [5.41, 5.74) is 4.46. The third-order valence-electron chi connectivity index (χ3n) is 2.99. The lowest BCUT2D eigenvalue weighted by Gasteiger charge is -2.04. The van der Waals surface area contributed by atoms with Gasteiger partial charge >= 0.3 is 5.97 Å². The van der Waals surface area contributed by atoms with Gasteiger partial charge in [-0.1, -0.05) is 42.0 Å². The molecular formula is C17H18O2S. The van der Waals surface area contributed by atoms with Gasteiger partial charge in [0.15, 0.2) is 0 Å². The molecule has 20 heavy (non-hydrogen) atoms. The van der Waals surface area contributed by atoms with Crippen molar-refractivity contribution in [3.05, 3.63) is 70.8 Å². The van der Waals surface area contributed by atoms with Gasteiger partial charge in [0.05, 0.1) is 12.7 Å². The third kappa shape index (κ3) is 4.14. The fourth-order valence-electron chi connectivity index (χ4n) is 1.94. The maximum atomic E-state index is 11.3. The highest BCUT2D eigenvalue weighted by molar-refractivity contribution is 7.97. The van der Waals surface area contributed by atoms with Crippen LogP contribution in [0.4, 0.5) is 0 Å². The summed E-state index contributed by atoms with van der Waals surface area (Å²) in [6.45, 7) is 2.11. The summed E-state index contributed by atoms with van der Waals surface area (Å²) < 4.78 is 4.68. The van der Waals surface area contributed by atoms with Crippen LogP contribution in [0.1, 0.15) is 27.0 Å². The molecule has 0 N–H and O–H groups in total. The van der Waals surface area contributed by atoms with Crippen molar-refractivity contribution < 1.29 is 9.53 Å². The molecule has 0 unspecified atom stereocenters. The number of hydrogen-bond donors (Lipinski definition) is 0. The zero-order chi connectivity index (χ0) is 14.4. The van der Waals surface area contributed by atoms with Crippen molar-refractivity contribution in [2.24, 2.45) is 0 Å². The number of esters is 1. The Morgan fingerprint density at radius 1 is 1.05 bits per heavy atom. The van der Waals surface area contributed by atoms with Gasteiger partial charge in [-0.15, -0.1) is 0 Å². The first kappa shape index (κ1) is 14.7. The van der Waals surface area contributed by atoms with Crippen LogP contribution in [0, 0.1) is 6.92 Å². The van der Waals surface area contributed by atoms with E-state index in [2.05, 4.69) is 35.9 Å². The van der Waals surface area contributed by atoms with Crippen LogP contribution < -0.4 is 0 Å². The monoisotopic (exact) mass is 286 g/mol. The van der Waals surface area contributed by atoms with Crippen LogP contribution >= 0.6 is 11.8 Å². The summed E-state index contributed by atoms with van der Waals surface area (Å²) >= 11 is 1.87. The second-order valence-electron chi connectivity index (χ2n) is 4.67. The molecule has 2 nitrogen and oxygen atoms in total. The Bertz CT molecular complexity index is 576. The lowest BCUT2D eigenvalue weighted by Crippen LogP contribution is -2.00. The van der Waals surface area contributed by atoms with Crippen molar-refractivity contribution >= 4 is 17.7 Å². The second kappa shape index (κ2) is 7.15. The van der Waals surface area contributed by atoms with Gasteiger partial charge in [0.25, 0.3) is 0 Å². The molecule has 104 valence electrons. The van der Waals surface area contributed by atoms with Crippen molar-refractivity contribution in [2.75, 3.05) is 7.11 Å². The van der Waals surface area contributed by atoms with Crippen molar-refractivity contribution in [3.63, 3.8) is 0 Å². The highest BCUT2D eigenvalue weighted by atomic mass is 32.2. The molecule has 2 aromatic carbocycles. The van der Waals surface area contributed by atoms with Gasteiger partial charge in [-0.25, -0.2) is 4.79 Å². The van der Waals surface area contributed by atoms with E-state index in [1.165, 1.54) is 23.8 Å². The number of rotatable bonds is 5. The molecule has 2 aromatic rings. The zero-order valence-corrected chi connectivity index (χ0v) is 12.6. The van der Waals surface area contributed by atoms with Crippen LogP contribution in [0.5, 0.6) is 0 Å². The SMILES string of the molecule is COC(=O)c1ccc(CSCc2cccc(C)c2)cc1. The average Bonchev–Trinajstić information content (AvgIpc) is 2.47. The Labute approximate surface area is 124 Å². The van der Waals surface area contributed by atoms with E-state index in [1.807, 2.05) is 36.0 Å². The molecule has 3 heteroatoms. The first-order valence-corrected chi connectivity index (χ1v) is 7.65. The number of carbonyl (C=O) groups excluding carboxylic acids is 1. The first-order chi connectivity index (χ1) is 9.69. The third-order valence-corrected chi connectivity index (χ3v) is 4.07. The predicted molar refractivity (Wildman–Crippen MR) is 84.0 cm³/mol. The highest BCUT2D eigenvalue weighted by Gasteiger charge is 2.04. The molecule has 0 saturated carbocycles. The van der Waals surface area contributed by atoms with Crippen LogP contribution in [0.2, 0.25) is 0 Å². The largest absolute Gasteiger partial charge is 0.465 e.